The quantitative estimate of drug-likeness (QED) is 0.0315. The fourth-order valence-corrected chi connectivity index (χ4v) is 9.46. The number of aromatic amines is 1. The highest BCUT2D eigenvalue weighted by atomic mass is 16.4. The molecule has 24 nitrogen and oxygen atoms in total. The van der Waals surface area contributed by atoms with Gasteiger partial charge < -0.3 is 68.6 Å². The van der Waals surface area contributed by atoms with Crippen molar-refractivity contribution in [2.45, 2.75) is 168 Å². The number of fused-ring (bicyclic) bond motifs is 1. The van der Waals surface area contributed by atoms with Crippen molar-refractivity contribution in [3.8, 4) is 0 Å². The van der Waals surface area contributed by atoms with Crippen molar-refractivity contribution >= 4 is 76.1 Å². The van der Waals surface area contributed by atoms with Gasteiger partial charge in [0.1, 0.15) is 48.3 Å². The molecule has 0 saturated heterocycles. The lowest BCUT2D eigenvalue weighted by Gasteiger charge is -2.29. The molecule has 0 aliphatic heterocycles. The van der Waals surface area contributed by atoms with Gasteiger partial charge in [0.15, 0.2) is 0 Å². The zero-order valence-electron chi connectivity index (χ0n) is 49.4. The van der Waals surface area contributed by atoms with E-state index in [0.29, 0.717) is 11.1 Å². The number of aliphatic carboxylic acids is 3. The summed E-state index contributed by atoms with van der Waals surface area (Å²) in [5, 5.41) is 50.8. The van der Waals surface area contributed by atoms with E-state index < -0.39 is 145 Å². The van der Waals surface area contributed by atoms with E-state index in [-0.39, 0.29) is 56.3 Å². The molecule has 0 bridgehead atoms. The monoisotopic (exact) mass is 1180 g/mol. The van der Waals surface area contributed by atoms with Crippen molar-refractivity contribution in [3.63, 3.8) is 0 Å². The molecule has 8 amide bonds. The van der Waals surface area contributed by atoms with Crippen LogP contribution in [0, 0.1) is 23.7 Å². The number of carboxylic acids is 3. The molecule has 0 aliphatic rings. The maximum absolute atomic E-state index is 14.9. The van der Waals surface area contributed by atoms with Gasteiger partial charge in [-0.15, -0.1) is 0 Å². The number of carbonyl (C=O) groups excluding carboxylic acids is 8. The van der Waals surface area contributed by atoms with Crippen LogP contribution in [0.3, 0.4) is 0 Å². The van der Waals surface area contributed by atoms with E-state index in [4.69, 9.17) is 5.73 Å². The van der Waals surface area contributed by atoms with E-state index in [1.807, 2.05) is 62.4 Å². The molecule has 0 saturated carbocycles. The Morgan fingerprint density at radius 2 is 0.824 bits per heavy atom. The van der Waals surface area contributed by atoms with Gasteiger partial charge in [-0.3, -0.25) is 47.9 Å². The molecule has 24 heteroatoms. The van der Waals surface area contributed by atoms with Gasteiger partial charge >= 0.3 is 17.9 Å². The summed E-state index contributed by atoms with van der Waals surface area (Å²) in [6.07, 6.45) is -0.606. The Morgan fingerprint density at radius 3 is 1.29 bits per heavy atom. The molecule has 3 aromatic carbocycles. The Balaban J connectivity index is 1.66. The minimum Gasteiger partial charge on any atom is -0.481 e. The summed E-state index contributed by atoms with van der Waals surface area (Å²) in [7, 11) is 0. The zero-order valence-corrected chi connectivity index (χ0v) is 49.4. The third-order valence-corrected chi connectivity index (χ3v) is 13.8. The van der Waals surface area contributed by atoms with Crippen molar-refractivity contribution in [2.75, 3.05) is 0 Å². The van der Waals surface area contributed by atoms with Crippen LogP contribution in [0.5, 0.6) is 0 Å². The normalized spacial score (nSPS) is 14.6. The number of nitrogens with two attached hydrogens (primary N) is 1. The molecule has 0 spiro atoms. The SMILES string of the molecule is CC(C)C[C@H](NC(=O)[C@H](CCC(=O)O)NC(=O)[C@H](Cc1ccccc1)NC(=O)[C@H](Cc1c[nH]c2ccccc12)NC(=O)[C@H](CC(C)C)NC(=O)[C@@H](N)Cc1ccccc1)C(=O)N[C@@H](CC(=O)O)C(=O)N[C@@H](CC(C)C)C(=O)N[C@H](C(=O)O)C(C)C. The van der Waals surface area contributed by atoms with E-state index in [2.05, 4.69) is 47.5 Å². The van der Waals surface area contributed by atoms with Crippen LogP contribution in [0.1, 0.15) is 111 Å². The third kappa shape index (κ3) is 23.1. The second-order valence-corrected chi connectivity index (χ2v) is 23.0. The Labute approximate surface area is 494 Å². The highest BCUT2D eigenvalue weighted by Crippen LogP contribution is 2.21. The van der Waals surface area contributed by atoms with Crippen molar-refractivity contribution in [1.29, 1.82) is 0 Å². The van der Waals surface area contributed by atoms with Crippen LogP contribution < -0.4 is 48.3 Å². The van der Waals surface area contributed by atoms with E-state index in [1.54, 1.807) is 84.1 Å². The van der Waals surface area contributed by atoms with E-state index >= 15 is 0 Å². The molecule has 0 radical (unpaired) electrons. The van der Waals surface area contributed by atoms with Crippen LogP contribution in [0.4, 0.5) is 0 Å². The van der Waals surface area contributed by atoms with Gasteiger partial charge in [0, 0.05) is 36.4 Å². The van der Waals surface area contributed by atoms with Crippen LogP contribution in [0.25, 0.3) is 10.9 Å². The lowest BCUT2D eigenvalue weighted by atomic mass is 9.99. The number of rotatable bonds is 35. The molecule has 85 heavy (non-hydrogen) atoms. The first kappa shape index (κ1) is 68.8. The summed E-state index contributed by atoms with van der Waals surface area (Å²) < 4.78 is 0. The Morgan fingerprint density at radius 1 is 0.435 bits per heavy atom. The summed E-state index contributed by atoms with van der Waals surface area (Å²) in [6.45, 7) is 13.7. The fraction of sp³-hybridized carbons (Fsp3) is 0.492. The van der Waals surface area contributed by atoms with E-state index in [9.17, 15) is 68.1 Å². The van der Waals surface area contributed by atoms with Gasteiger partial charge in [0.25, 0.3) is 0 Å². The van der Waals surface area contributed by atoms with Crippen molar-refractivity contribution in [1.82, 2.24) is 47.5 Å². The van der Waals surface area contributed by atoms with Crippen LogP contribution >= 0.6 is 0 Å². The van der Waals surface area contributed by atoms with Crippen molar-refractivity contribution in [2.24, 2.45) is 29.4 Å². The molecule has 1 heterocycles. The number of benzene rings is 3. The molecule has 4 aromatic rings. The smallest absolute Gasteiger partial charge is 0.326 e. The number of H-pyrrole nitrogens is 1. The first-order valence-corrected chi connectivity index (χ1v) is 28.6. The lowest BCUT2D eigenvalue weighted by molar-refractivity contribution is -0.144. The second-order valence-electron chi connectivity index (χ2n) is 23.0. The molecule has 9 atom stereocenters. The number of aromatic nitrogens is 1. The third-order valence-electron chi connectivity index (χ3n) is 13.8. The number of hydrogen-bond acceptors (Lipinski definition) is 12. The van der Waals surface area contributed by atoms with Crippen LogP contribution in [0.2, 0.25) is 0 Å². The standard InChI is InChI=1S/C61H84N10O14/c1-33(2)25-44(65-53(76)41(62)28-37-17-11-9-12-18-37)55(78)69-48(30-39-32-63-42-22-16-15-21-40(39)42)58(81)68-47(29-38-19-13-10-14-20-38)57(80)64-43(23-24-50(72)73)54(77)66-45(26-34(3)4)56(79)70-49(31-51(74)75)59(82)67-46(27-35(5)6)60(83)71-52(36(7)8)61(84)85/h9-22,32-36,41,43-49,52,63H,23-31,62H2,1-8H3,(H,64,80)(H,65,76)(H,66,77)(H,67,82)(H,68,81)(H,69,78)(H,70,79)(H,71,83)(H,72,73)(H,74,75)(H,84,85)/t41-,43-,44-,45-,46-,47-,48-,49-,52-/m0/s1. The average molecular weight is 1180 g/mol. The first-order valence-electron chi connectivity index (χ1n) is 28.6. The number of carboxylic acid groups (broad SMARTS) is 3. The van der Waals surface area contributed by atoms with Gasteiger partial charge in [0.05, 0.1) is 12.5 Å². The Bertz CT molecular complexity index is 2930. The average Bonchev–Trinajstić information content (AvgIpc) is 4.13. The molecule has 0 fully saturated rings. The van der Waals surface area contributed by atoms with Gasteiger partial charge in [-0.1, -0.05) is 134 Å². The minimum absolute atomic E-state index is 0.00479. The van der Waals surface area contributed by atoms with Gasteiger partial charge in [0.2, 0.25) is 47.3 Å². The van der Waals surface area contributed by atoms with Crippen LogP contribution in [-0.4, -0.2) is 140 Å². The Kier molecular flexibility index (Phi) is 27.2. The highest BCUT2D eigenvalue weighted by molar-refractivity contribution is 5.99. The number of hydrogen-bond donors (Lipinski definition) is 13. The molecule has 4 rings (SSSR count). The van der Waals surface area contributed by atoms with Gasteiger partial charge in [-0.2, -0.15) is 0 Å². The number of carbonyl (C=O) groups is 11. The molecule has 0 unspecified atom stereocenters. The summed E-state index contributed by atoms with van der Waals surface area (Å²) in [5.41, 5.74) is 9.03. The highest BCUT2D eigenvalue weighted by Gasteiger charge is 2.37. The predicted octanol–water partition coefficient (Wildman–Crippen LogP) is 2.62. The van der Waals surface area contributed by atoms with Gasteiger partial charge in [-0.05, 0) is 78.5 Å². The molecule has 14 N–H and O–H groups in total. The van der Waals surface area contributed by atoms with Crippen LogP contribution in [0.15, 0.2) is 91.1 Å². The Hall–Kier alpha value is -8.67. The largest absolute Gasteiger partial charge is 0.481 e. The zero-order chi connectivity index (χ0) is 63.1. The molecule has 0 aliphatic carbocycles. The predicted molar refractivity (Wildman–Crippen MR) is 316 cm³/mol. The van der Waals surface area contributed by atoms with Crippen LogP contribution in [-0.2, 0) is 72.0 Å². The number of para-hydroxylation sites is 1. The summed E-state index contributed by atoms with van der Waals surface area (Å²) in [5.74, 6) is -12.7. The number of amides is 8. The second kappa shape index (κ2) is 33.6. The molecular weight excluding hydrogens is 1100 g/mol. The van der Waals surface area contributed by atoms with E-state index in [0.717, 1.165) is 16.5 Å². The van der Waals surface area contributed by atoms with Crippen molar-refractivity contribution in [3.05, 3.63) is 108 Å². The maximum Gasteiger partial charge on any atom is 0.326 e. The fourth-order valence-electron chi connectivity index (χ4n) is 9.46. The topological polar surface area (TPSA) is 387 Å². The maximum atomic E-state index is 14.9. The lowest BCUT2D eigenvalue weighted by Crippen LogP contribution is -2.61. The number of nitrogens with one attached hydrogen (secondary N) is 9. The van der Waals surface area contributed by atoms with E-state index in [1.165, 1.54) is 0 Å². The molecule has 462 valence electrons. The summed E-state index contributed by atoms with van der Waals surface area (Å²) in [6, 6.07) is 12.0. The minimum atomic E-state index is -1.84. The summed E-state index contributed by atoms with van der Waals surface area (Å²) >= 11 is 0. The molecular formula is C61H84N10O14. The molecule has 1 aromatic heterocycles. The van der Waals surface area contributed by atoms with Gasteiger partial charge in [-0.25, -0.2) is 4.79 Å². The first-order chi connectivity index (χ1) is 40.1. The summed E-state index contributed by atoms with van der Waals surface area (Å²) in [4.78, 5) is 153. The van der Waals surface area contributed by atoms with Crippen molar-refractivity contribution < 1.29 is 68.1 Å².